The van der Waals surface area contributed by atoms with Crippen LogP contribution in [0.15, 0.2) is 24.3 Å². The van der Waals surface area contributed by atoms with Gasteiger partial charge in [-0.2, -0.15) is 4.57 Å². The second-order valence-corrected chi connectivity index (χ2v) is 4.08. The summed E-state index contributed by atoms with van der Waals surface area (Å²) < 4.78 is 6.88. The molecule has 0 aliphatic rings. The van der Waals surface area contributed by atoms with Crippen LogP contribution < -0.4 is 9.30 Å². The van der Waals surface area contributed by atoms with Crippen LogP contribution in [0.5, 0.6) is 5.88 Å². The van der Waals surface area contributed by atoms with E-state index in [4.69, 9.17) is 4.74 Å². The molecule has 0 N–H and O–H groups in total. The summed E-state index contributed by atoms with van der Waals surface area (Å²) in [4.78, 5) is 20.7. The summed E-state index contributed by atoms with van der Waals surface area (Å²) >= 11 is 0. The summed E-state index contributed by atoms with van der Waals surface area (Å²) in [7, 11) is 1.62. The normalized spacial score (nSPS) is 10.5. The first-order chi connectivity index (χ1) is 9.45. The molecule has 1 aromatic carbocycles. The fourth-order valence-electron chi connectivity index (χ4n) is 2.04. The minimum Gasteiger partial charge on any atom is -0.445 e. The molecular formula is C12H12N3O5+. The number of hydrogen-bond donors (Lipinski definition) is 0. The largest absolute Gasteiger partial charge is 0.445 e. The lowest BCUT2D eigenvalue weighted by atomic mass is 10.1. The van der Waals surface area contributed by atoms with Crippen LogP contribution in [0.4, 0.5) is 11.4 Å². The molecule has 8 nitrogen and oxygen atoms in total. The Morgan fingerprint density at radius 2 is 1.90 bits per heavy atom. The number of benzene rings is 1. The molecule has 1 heterocycles. The minimum atomic E-state index is -0.650. The van der Waals surface area contributed by atoms with E-state index in [-0.39, 0.29) is 16.9 Å². The number of fused-ring (bicyclic) bond motifs is 1. The minimum absolute atomic E-state index is 0.284. The Hall–Kier alpha value is -2.77. The second-order valence-electron chi connectivity index (χ2n) is 4.08. The molecule has 104 valence electrons. The van der Waals surface area contributed by atoms with E-state index >= 15 is 0 Å². The highest BCUT2D eigenvalue weighted by Crippen LogP contribution is 2.29. The number of pyridine rings is 1. The van der Waals surface area contributed by atoms with Crippen molar-refractivity contribution in [3.8, 4) is 5.88 Å². The van der Waals surface area contributed by atoms with E-state index in [0.717, 1.165) is 6.07 Å². The van der Waals surface area contributed by atoms with Crippen molar-refractivity contribution in [2.45, 2.75) is 6.92 Å². The van der Waals surface area contributed by atoms with E-state index in [0.29, 0.717) is 17.9 Å². The van der Waals surface area contributed by atoms with E-state index in [9.17, 15) is 20.2 Å². The second kappa shape index (κ2) is 5.08. The number of hydrogen-bond acceptors (Lipinski definition) is 5. The number of nitro benzene ring substituents is 2. The topological polar surface area (TPSA) is 99.4 Å². The smallest absolute Gasteiger partial charge is 0.368 e. The maximum atomic E-state index is 11.1. The van der Waals surface area contributed by atoms with Gasteiger partial charge >= 0.3 is 11.6 Å². The third kappa shape index (κ3) is 2.22. The van der Waals surface area contributed by atoms with Gasteiger partial charge in [0, 0.05) is 6.07 Å². The maximum Gasteiger partial charge on any atom is 0.368 e. The molecule has 20 heavy (non-hydrogen) atoms. The zero-order chi connectivity index (χ0) is 14.9. The van der Waals surface area contributed by atoms with Gasteiger partial charge in [-0.15, -0.1) is 0 Å². The molecule has 0 fully saturated rings. The van der Waals surface area contributed by atoms with Crippen molar-refractivity contribution in [1.29, 1.82) is 0 Å². The molecule has 0 atom stereocenters. The number of aromatic nitrogens is 1. The molecule has 0 radical (unpaired) electrons. The predicted molar refractivity (Wildman–Crippen MR) is 69.6 cm³/mol. The Balaban J connectivity index is 2.83. The average Bonchev–Trinajstić information content (AvgIpc) is 2.40. The molecule has 0 aliphatic carbocycles. The molecule has 0 saturated heterocycles. The molecule has 2 aromatic rings. The van der Waals surface area contributed by atoms with Crippen LogP contribution in [0.1, 0.15) is 6.92 Å². The molecule has 0 amide bonds. The molecule has 0 spiro atoms. The third-order valence-electron chi connectivity index (χ3n) is 2.88. The van der Waals surface area contributed by atoms with Crippen molar-refractivity contribution in [2.75, 3.05) is 6.61 Å². The zero-order valence-corrected chi connectivity index (χ0v) is 10.9. The van der Waals surface area contributed by atoms with E-state index in [1.807, 2.05) is 0 Å². The van der Waals surface area contributed by atoms with E-state index in [1.54, 1.807) is 26.1 Å². The lowest BCUT2D eigenvalue weighted by Crippen LogP contribution is -2.32. The fraction of sp³-hybridized carbons (Fsp3) is 0.250. The molecule has 2 rings (SSSR count). The van der Waals surface area contributed by atoms with Gasteiger partial charge in [-0.3, -0.25) is 20.2 Å². The molecule has 1 aromatic heterocycles. The quantitative estimate of drug-likeness (QED) is 0.483. The van der Waals surface area contributed by atoms with Crippen molar-refractivity contribution < 1.29 is 19.2 Å². The van der Waals surface area contributed by atoms with Gasteiger partial charge in [-0.25, -0.2) is 0 Å². The lowest BCUT2D eigenvalue weighted by molar-refractivity contribution is -0.653. The van der Waals surface area contributed by atoms with Crippen LogP contribution in [0.3, 0.4) is 0 Å². The number of nitrogens with zero attached hydrogens (tertiary/aromatic N) is 3. The van der Waals surface area contributed by atoms with Crippen LogP contribution in [0, 0.1) is 20.2 Å². The molecule has 0 aliphatic heterocycles. The fourth-order valence-corrected chi connectivity index (χ4v) is 2.04. The summed E-state index contributed by atoms with van der Waals surface area (Å²) in [6.07, 6.45) is 0. The highest BCUT2D eigenvalue weighted by molar-refractivity contribution is 5.87. The number of non-ortho nitro benzene ring substituents is 2. The SMILES string of the molecule is CCOc1ccc2cc([N+](=O)[O-])cc([N+](=O)[O-])c2[n+]1C. The van der Waals surface area contributed by atoms with Crippen LogP contribution in [0.25, 0.3) is 10.9 Å². The van der Waals surface area contributed by atoms with E-state index in [1.165, 1.54) is 10.6 Å². The third-order valence-corrected chi connectivity index (χ3v) is 2.88. The van der Waals surface area contributed by atoms with Gasteiger partial charge in [0.1, 0.15) is 13.1 Å². The summed E-state index contributed by atoms with van der Waals surface area (Å²) in [6.45, 7) is 2.22. The Kier molecular flexibility index (Phi) is 3.47. The monoisotopic (exact) mass is 278 g/mol. The molecule has 0 unspecified atom stereocenters. The van der Waals surface area contributed by atoms with Gasteiger partial charge in [-0.05, 0) is 13.0 Å². The lowest BCUT2D eigenvalue weighted by Gasteiger charge is -2.04. The highest BCUT2D eigenvalue weighted by Gasteiger charge is 2.27. The summed E-state index contributed by atoms with van der Waals surface area (Å²) in [6, 6.07) is 5.45. The van der Waals surface area contributed by atoms with Gasteiger partial charge in [0.2, 0.25) is 0 Å². The van der Waals surface area contributed by atoms with Crippen molar-refractivity contribution in [2.24, 2.45) is 7.05 Å². The summed E-state index contributed by atoms with van der Waals surface area (Å²) in [5, 5.41) is 22.4. The highest BCUT2D eigenvalue weighted by atomic mass is 16.6. The first kappa shape index (κ1) is 13.7. The zero-order valence-electron chi connectivity index (χ0n) is 10.9. The first-order valence-corrected chi connectivity index (χ1v) is 5.84. The molecule has 0 saturated carbocycles. The Bertz CT molecular complexity index is 714. The van der Waals surface area contributed by atoms with Gasteiger partial charge in [-0.1, -0.05) is 0 Å². The average molecular weight is 278 g/mol. The number of nitro groups is 2. The maximum absolute atomic E-state index is 11.1. The Morgan fingerprint density at radius 3 is 2.45 bits per heavy atom. The van der Waals surface area contributed by atoms with Crippen molar-refractivity contribution >= 4 is 22.3 Å². The van der Waals surface area contributed by atoms with Gasteiger partial charge in [0.05, 0.1) is 27.9 Å². The number of rotatable bonds is 4. The summed E-state index contributed by atoms with van der Waals surface area (Å²) in [5.41, 5.74) is -0.349. The molecule has 0 bridgehead atoms. The Morgan fingerprint density at radius 1 is 1.20 bits per heavy atom. The van der Waals surface area contributed by atoms with Gasteiger partial charge in [0.25, 0.3) is 11.2 Å². The van der Waals surface area contributed by atoms with Crippen LogP contribution >= 0.6 is 0 Å². The van der Waals surface area contributed by atoms with Crippen molar-refractivity contribution in [1.82, 2.24) is 0 Å². The van der Waals surface area contributed by atoms with Crippen LogP contribution in [0.2, 0.25) is 0 Å². The predicted octanol–water partition coefficient (Wildman–Crippen LogP) is 1.88. The van der Waals surface area contributed by atoms with E-state index < -0.39 is 9.85 Å². The standard InChI is InChI=1S/C12H12N3O5/c1-3-20-11-5-4-8-6-9(14(16)17)7-10(15(18)19)12(8)13(11)2/h4-7H,3H2,1-2H3/q+1. The van der Waals surface area contributed by atoms with Crippen molar-refractivity contribution in [3.63, 3.8) is 0 Å². The van der Waals surface area contributed by atoms with Gasteiger partial charge < -0.3 is 4.74 Å². The number of aryl methyl sites for hydroxylation is 1. The number of ether oxygens (including phenoxy) is 1. The van der Waals surface area contributed by atoms with E-state index in [2.05, 4.69) is 0 Å². The molecule has 8 heteroatoms. The van der Waals surface area contributed by atoms with Crippen LogP contribution in [-0.4, -0.2) is 16.5 Å². The molecular weight excluding hydrogens is 266 g/mol. The first-order valence-electron chi connectivity index (χ1n) is 5.84. The van der Waals surface area contributed by atoms with Gasteiger partial charge in [0.15, 0.2) is 0 Å². The van der Waals surface area contributed by atoms with Crippen molar-refractivity contribution in [3.05, 3.63) is 44.5 Å². The Labute approximate surface area is 113 Å². The summed E-state index contributed by atoms with van der Waals surface area (Å²) in [5.74, 6) is 0.456. The van der Waals surface area contributed by atoms with Crippen LogP contribution in [-0.2, 0) is 7.05 Å².